The van der Waals surface area contributed by atoms with E-state index in [1.165, 1.54) is 0 Å². The summed E-state index contributed by atoms with van der Waals surface area (Å²) >= 11 is 1.67. The highest BCUT2D eigenvalue weighted by Gasteiger charge is 2.39. The Morgan fingerprint density at radius 2 is 1.72 bits per heavy atom. The molecule has 6 nitrogen and oxygen atoms in total. The van der Waals surface area contributed by atoms with E-state index in [-0.39, 0.29) is 24.2 Å². The van der Waals surface area contributed by atoms with Crippen LogP contribution in [0, 0.1) is 0 Å². The van der Waals surface area contributed by atoms with Gasteiger partial charge in [0.25, 0.3) is 5.91 Å². The SMILES string of the molecule is O=C(CNC(=O)c1cc(C(F)(F)F)ccc1C(F)(F)F)NC1CN(C2CCC(c3nccs3)CC2)C1. The molecule has 1 saturated carbocycles. The summed E-state index contributed by atoms with van der Waals surface area (Å²) in [5, 5.41) is 7.83. The summed E-state index contributed by atoms with van der Waals surface area (Å²) in [4.78, 5) is 31.1. The van der Waals surface area contributed by atoms with Gasteiger partial charge in [0.1, 0.15) is 0 Å². The van der Waals surface area contributed by atoms with Crippen LogP contribution < -0.4 is 10.6 Å². The van der Waals surface area contributed by atoms with Gasteiger partial charge in [-0.25, -0.2) is 4.98 Å². The number of nitrogens with one attached hydrogen (secondary N) is 2. The summed E-state index contributed by atoms with van der Waals surface area (Å²) in [6.07, 6.45) is -3.99. The third kappa shape index (κ3) is 6.17. The second kappa shape index (κ2) is 10.4. The molecule has 0 unspecified atom stereocenters. The molecule has 1 aliphatic carbocycles. The molecule has 1 aromatic heterocycles. The van der Waals surface area contributed by atoms with Crippen LogP contribution in [0.3, 0.4) is 0 Å². The number of rotatable bonds is 6. The Morgan fingerprint density at radius 3 is 2.31 bits per heavy atom. The topological polar surface area (TPSA) is 74.3 Å². The molecule has 196 valence electrons. The summed E-state index contributed by atoms with van der Waals surface area (Å²) in [6.45, 7) is 0.595. The fraction of sp³-hybridized carbons (Fsp3) is 0.522. The number of hydrogen-bond acceptors (Lipinski definition) is 5. The average molecular weight is 535 g/mol. The summed E-state index contributed by atoms with van der Waals surface area (Å²) in [6, 6.07) is 0.871. The van der Waals surface area contributed by atoms with Crippen LogP contribution in [-0.2, 0) is 17.1 Å². The van der Waals surface area contributed by atoms with Gasteiger partial charge in [-0.2, -0.15) is 26.3 Å². The van der Waals surface area contributed by atoms with Crippen molar-refractivity contribution in [1.29, 1.82) is 0 Å². The first-order chi connectivity index (χ1) is 16.9. The highest BCUT2D eigenvalue weighted by molar-refractivity contribution is 7.09. The zero-order valence-electron chi connectivity index (χ0n) is 19.0. The highest BCUT2D eigenvalue weighted by Crippen LogP contribution is 2.37. The molecular formula is C23H24F6N4O2S. The van der Waals surface area contributed by atoms with Crippen molar-refractivity contribution >= 4 is 23.2 Å². The Labute approximate surface area is 207 Å². The minimum absolute atomic E-state index is 0.142. The first-order valence-corrected chi connectivity index (χ1v) is 12.3. The van der Waals surface area contributed by atoms with E-state index in [0.29, 0.717) is 25.0 Å². The molecule has 1 aliphatic heterocycles. The number of benzene rings is 1. The first kappa shape index (κ1) is 26.4. The average Bonchev–Trinajstić information content (AvgIpc) is 3.33. The number of nitrogens with zero attached hydrogens (tertiary/aromatic N) is 2. The summed E-state index contributed by atoms with van der Waals surface area (Å²) in [5.74, 6) is -1.55. The van der Waals surface area contributed by atoms with Gasteiger partial charge in [0.2, 0.25) is 5.91 Å². The molecule has 0 atom stereocenters. The van der Waals surface area contributed by atoms with Crippen LogP contribution >= 0.6 is 11.3 Å². The third-order valence-electron chi connectivity index (χ3n) is 6.60. The van der Waals surface area contributed by atoms with E-state index in [1.54, 1.807) is 11.3 Å². The Bertz CT molecular complexity index is 1080. The van der Waals surface area contributed by atoms with E-state index in [1.807, 2.05) is 16.9 Å². The number of amides is 2. The minimum atomic E-state index is -5.03. The zero-order valence-corrected chi connectivity index (χ0v) is 19.8. The monoisotopic (exact) mass is 534 g/mol. The third-order valence-corrected chi connectivity index (χ3v) is 7.53. The minimum Gasteiger partial charge on any atom is -0.349 e. The van der Waals surface area contributed by atoms with E-state index in [9.17, 15) is 35.9 Å². The lowest BCUT2D eigenvalue weighted by Crippen LogP contribution is -2.63. The number of aromatic nitrogens is 1. The van der Waals surface area contributed by atoms with Crippen molar-refractivity contribution in [2.45, 2.75) is 56.0 Å². The Kier molecular flexibility index (Phi) is 7.60. The predicted molar refractivity (Wildman–Crippen MR) is 119 cm³/mol. The van der Waals surface area contributed by atoms with Crippen LogP contribution in [-0.4, -0.2) is 53.4 Å². The maximum absolute atomic E-state index is 13.2. The number of hydrogen-bond donors (Lipinski definition) is 2. The second-order valence-corrected chi connectivity index (χ2v) is 9.96. The first-order valence-electron chi connectivity index (χ1n) is 11.4. The summed E-state index contributed by atoms with van der Waals surface area (Å²) in [5.41, 5.74) is -4.08. The van der Waals surface area contributed by atoms with E-state index in [4.69, 9.17) is 0 Å². The molecule has 0 spiro atoms. The number of alkyl halides is 6. The molecule has 2 amide bonds. The van der Waals surface area contributed by atoms with Gasteiger partial charge in [-0.15, -0.1) is 11.3 Å². The van der Waals surface area contributed by atoms with Gasteiger partial charge in [-0.05, 0) is 43.9 Å². The van der Waals surface area contributed by atoms with Gasteiger partial charge in [-0.1, -0.05) is 0 Å². The smallest absolute Gasteiger partial charge is 0.349 e. The Hall–Kier alpha value is -2.67. The van der Waals surface area contributed by atoms with Gasteiger partial charge in [0.15, 0.2) is 0 Å². The largest absolute Gasteiger partial charge is 0.417 e. The molecule has 2 fully saturated rings. The molecule has 1 aromatic carbocycles. The van der Waals surface area contributed by atoms with Crippen LogP contribution in [0.25, 0.3) is 0 Å². The maximum Gasteiger partial charge on any atom is 0.417 e. The van der Waals surface area contributed by atoms with E-state index in [2.05, 4.69) is 15.2 Å². The van der Waals surface area contributed by atoms with Crippen molar-refractivity contribution in [3.63, 3.8) is 0 Å². The standard InChI is InChI=1S/C23H24F6N4O2S/c24-22(25,26)14-3-6-18(23(27,28)29)17(9-14)20(35)31-10-19(34)32-15-11-33(12-15)16-4-1-13(2-5-16)21-30-7-8-36-21/h3,6-9,13,15-16H,1-2,4-5,10-12H2,(H,31,35)(H,32,34). The zero-order chi connectivity index (χ0) is 26.1. The van der Waals surface area contributed by atoms with Crippen molar-refractivity contribution in [1.82, 2.24) is 20.5 Å². The molecule has 2 aliphatic rings. The summed E-state index contributed by atoms with van der Waals surface area (Å²) in [7, 11) is 0. The normalized spacial score (nSPS) is 21.6. The number of thiazole rings is 1. The van der Waals surface area contributed by atoms with Crippen LogP contribution in [0.2, 0.25) is 0 Å². The Balaban J connectivity index is 1.24. The molecular weight excluding hydrogens is 510 g/mol. The van der Waals surface area contributed by atoms with Crippen LogP contribution in [0.1, 0.15) is 58.1 Å². The fourth-order valence-corrected chi connectivity index (χ4v) is 5.53. The van der Waals surface area contributed by atoms with Gasteiger partial charge in [0, 0.05) is 36.6 Å². The lowest BCUT2D eigenvalue weighted by molar-refractivity contribution is -0.141. The van der Waals surface area contributed by atoms with Crippen LogP contribution in [0.5, 0.6) is 0 Å². The molecule has 36 heavy (non-hydrogen) atoms. The molecule has 13 heteroatoms. The van der Waals surface area contributed by atoms with Crippen molar-refractivity contribution in [3.8, 4) is 0 Å². The van der Waals surface area contributed by atoms with Crippen molar-refractivity contribution < 1.29 is 35.9 Å². The van der Waals surface area contributed by atoms with E-state index < -0.39 is 47.4 Å². The van der Waals surface area contributed by atoms with Crippen LogP contribution in [0.15, 0.2) is 29.8 Å². The van der Waals surface area contributed by atoms with E-state index >= 15 is 0 Å². The molecule has 2 N–H and O–H groups in total. The quantitative estimate of drug-likeness (QED) is 0.538. The highest BCUT2D eigenvalue weighted by atomic mass is 32.1. The van der Waals surface area contributed by atoms with Gasteiger partial charge < -0.3 is 10.6 Å². The lowest BCUT2D eigenvalue weighted by Gasteiger charge is -2.46. The van der Waals surface area contributed by atoms with Gasteiger partial charge >= 0.3 is 12.4 Å². The summed E-state index contributed by atoms with van der Waals surface area (Å²) < 4.78 is 78.4. The fourth-order valence-electron chi connectivity index (χ4n) is 4.72. The van der Waals surface area contributed by atoms with Crippen molar-refractivity contribution in [3.05, 3.63) is 51.5 Å². The molecule has 4 rings (SSSR count). The second-order valence-electron chi connectivity index (χ2n) is 9.03. The molecule has 2 heterocycles. The number of carbonyl (C=O) groups excluding carboxylic acids is 2. The molecule has 0 radical (unpaired) electrons. The number of likely N-dealkylation sites (tertiary alicyclic amines) is 1. The van der Waals surface area contributed by atoms with Gasteiger partial charge in [-0.3, -0.25) is 14.5 Å². The van der Waals surface area contributed by atoms with E-state index in [0.717, 1.165) is 30.7 Å². The molecule has 1 saturated heterocycles. The van der Waals surface area contributed by atoms with Gasteiger partial charge in [0.05, 0.1) is 34.3 Å². The lowest BCUT2D eigenvalue weighted by atomic mass is 9.84. The van der Waals surface area contributed by atoms with Crippen LogP contribution in [0.4, 0.5) is 26.3 Å². The molecule has 0 bridgehead atoms. The van der Waals surface area contributed by atoms with Crippen molar-refractivity contribution in [2.24, 2.45) is 0 Å². The maximum atomic E-state index is 13.2. The van der Waals surface area contributed by atoms with Crippen molar-refractivity contribution in [2.75, 3.05) is 19.6 Å². The molecule has 2 aromatic rings. The number of carbonyl (C=O) groups is 2. The number of halogens is 6. The Morgan fingerprint density at radius 1 is 1.03 bits per heavy atom. The predicted octanol–water partition coefficient (Wildman–Crippen LogP) is 4.44.